The molecule has 3 rings (SSSR count). The number of benzene rings is 1. The Balaban J connectivity index is 1.99. The molecular formula is C16H13FN4O4. The Morgan fingerprint density at radius 1 is 1.24 bits per heavy atom. The van der Waals surface area contributed by atoms with Crippen LogP contribution in [0.4, 0.5) is 4.39 Å². The fourth-order valence-electron chi connectivity index (χ4n) is 2.13. The van der Waals surface area contributed by atoms with Gasteiger partial charge in [0.15, 0.2) is 0 Å². The van der Waals surface area contributed by atoms with Gasteiger partial charge in [-0.3, -0.25) is 14.2 Å². The highest BCUT2D eigenvalue weighted by Crippen LogP contribution is 2.05. The zero-order valence-electron chi connectivity index (χ0n) is 13.1. The number of aromatic nitrogens is 3. The lowest BCUT2D eigenvalue weighted by molar-refractivity contribution is 0.0938. The highest BCUT2D eigenvalue weighted by atomic mass is 19.1. The summed E-state index contributed by atoms with van der Waals surface area (Å²) in [6.45, 7) is 0.0618. The third-order valence-electron chi connectivity index (χ3n) is 3.46. The zero-order valence-corrected chi connectivity index (χ0v) is 13.1. The van der Waals surface area contributed by atoms with Crippen LogP contribution in [0.15, 0.2) is 56.7 Å². The SMILES string of the molecule is Cn1c(=O)c(C(=O)NCc2ccco2)nn(-c2ccc(F)cc2)c1=O. The van der Waals surface area contributed by atoms with Crippen molar-refractivity contribution in [3.8, 4) is 5.69 Å². The lowest BCUT2D eigenvalue weighted by Crippen LogP contribution is -2.44. The Morgan fingerprint density at radius 2 is 1.96 bits per heavy atom. The van der Waals surface area contributed by atoms with Crippen LogP contribution in [0.5, 0.6) is 0 Å². The standard InChI is InChI=1S/C16H13FN4O4/c1-20-15(23)13(14(22)18-9-12-3-2-8-25-12)19-21(16(20)24)11-6-4-10(17)5-7-11/h2-8H,9H2,1H3,(H,18,22). The topological polar surface area (TPSA) is 99.1 Å². The van der Waals surface area contributed by atoms with Crippen LogP contribution in [0.25, 0.3) is 5.69 Å². The van der Waals surface area contributed by atoms with E-state index in [1.807, 2.05) is 0 Å². The van der Waals surface area contributed by atoms with E-state index in [-0.39, 0.29) is 12.2 Å². The summed E-state index contributed by atoms with van der Waals surface area (Å²) in [4.78, 5) is 36.6. The molecule has 1 N–H and O–H groups in total. The smallest absolute Gasteiger partial charge is 0.351 e. The van der Waals surface area contributed by atoms with Gasteiger partial charge >= 0.3 is 5.69 Å². The van der Waals surface area contributed by atoms with E-state index >= 15 is 0 Å². The first kappa shape index (κ1) is 16.4. The van der Waals surface area contributed by atoms with Crippen molar-refractivity contribution < 1.29 is 13.6 Å². The van der Waals surface area contributed by atoms with Crippen molar-refractivity contribution in [3.63, 3.8) is 0 Å². The molecule has 8 nitrogen and oxygen atoms in total. The highest BCUT2D eigenvalue weighted by Gasteiger charge is 2.18. The van der Waals surface area contributed by atoms with Crippen molar-refractivity contribution in [1.29, 1.82) is 0 Å². The largest absolute Gasteiger partial charge is 0.467 e. The molecule has 0 unspecified atom stereocenters. The molecule has 0 aliphatic rings. The van der Waals surface area contributed by atoms with Gasteiger partial charge in [0, 0.05) is 7.05 Å². The van der Waals surface area contributed by atoms with Crippen molar-refractivity contribution in [1.82, 2.24) is 19.7 Å². The summed E-state index contributed by atoms with van der Waals surface area (Å²) in [6, 6.07) is 8.24. The number of hydrogen-bond donors (Lipinski definition) is 1. The van der Waals surface area contributed by atoms with Gasteiger partial charge in [0.05, 0.1) is 18.5 Å². The monoisotopic (exact) mass is 344 g/mol. The van der Waals surface area contributed by atoms with E-state index in [4.69, 9.17) is 4.42 Å². The van der Waals surface area contributed by atoms with Crippen molar-refractivity contribution in [3.05, 3.63) is 80.8 Å². The number of amides is 1. The molecule has 9 heteroatoms. The number of hydrogen-bond acceptors (Lipinski definition) is 5. The second kappa shape index (κ2) is 6.56. The van der Waals surface area contributed by atoms with Gasteiger partial charge < -0.3 is 9.73 Å². The predicted molar refractivity (Wildman–Crippen MR) is 84.9 cm³/mol. The number of rotatable bonds is 4. The summed E-state index contributed by atoms with van der Waals surface area (Å²) in [5.74, 6) is -0.747. The number of carbonyl (C=O) groups is 1. The van der Waals surface area contributed by atoms with E-state index in [0.29, 0.717) is 5.76 Å². The van der Waals surface area contributed by atoms with Crippen molar-refractivity contribution in [2.75, 3.05) is 0 Å². The molecule has 0 spiro atoms. The number of halogens is 1. The van der Waals surface area contributed by atoms with Crippen molar-refractivity contribution >= 4 is 5.91 Å². The van der Waals surface area contributed by atoms with Crippen LogP contribution in [0, 0.1) is 5.82 Å². The minimum atomic E-state index is -0.833. The molecule has 0 aliphatic heterocycles. The quantitative estimate of drug-likeness (QED) is 0.747. The molecule has 0 aliphatic carbocycles. The fourth-order valence-corrected chi connectivity index (χ4v) is 2.13. The Labute approximate surface area is 140 Å². The van der Waals surface area contributed by atoms with Crippen molar-refractivity contribution in [2.24, 2.45) is 7.05 Å². The third kappa shape index (κ3) is 3.25. The molecule has 2 heterocycles. The minimum Gasteiger partial charge on any atom is -0.467 e. The number of nitrogens with zero attached hydrogens (tertiary/aromatic N) is 3. The van der Waals surface area contributed by atoms with Gasteiger partial charge in [-0.2, -0.15) is 9.78 Å². The van der Waals surface area contributed by atoms with Crippen molar-refractivity contribution in [2.45, 2.75) is 6.54 Å². The molecular weight excluding hydrogens is 331 g/mol. The number of furan rings is 1. The molecule has 3 aromatic rings. The van der Waals surface area contributed by atoms with Gasteiger partial charge in [-0.1, -0.05) is 0 Å². The maximum absolute atomic E-state index is 13.1. The molecule has 2 aromatic heterocycles. The maximum Gasteiger partial charge on any atom is 0.351 e. The van der Waals surface area contributed by atoms with E-state index < -0.39 is 28.7 Å². The Bertz CT molecular complexity index is 1020. The van der Waals surface area contributed by atoms with Gasteiger partial charge in [-0.05, 0) is 36.4 Å². The minimum absolute atomic E-state index is 0.0618. The summed E-state index contributed by atoms with van der Waals surface area (Å²) >= 11 is 0. The number of carbonyl (C=O) groups excluding carboxylic acids is 1. The van der Waals surface area contributed by atoms with E-state index in [2.05, 4.69) is 10.4 Å². The molecule has 25 heavy (non-hydrogen) atoms. The second-order valence-corrected chi connectivity index (χ2v) is 5.15. The Hall–Kier alpha value is -3.49. The van der Waals surface area contributed by atoms with E-state index in [1.54, 1.807) is 12.1 Å². The van der Waals surface area contributed by atoms with Crippen LogP contribution in [-0.4, -0.2) is 20.3 Å². The van der Waals surface area contributed by atoms with Gasteiger partial charge in [0.25, 0.3) is 11.5 Å². The normalized spacial score (nSPS) is 10.6. The van der Waals surface area contributed by atoms with Crippen LogP contribution in [0.3, 0.4) is 0 Å². The molecule has 1 aromatic carbocycles. The van der Waals surface area contributed by atoms with Gasteiger partial charge in [0.2, 0.25) is 5.69 Å². The average Bonchev–Trinajstić information content (AvgIpc) is 3.12. The molecule has 0 saturated heterocycles. The first-order chi connectivity index (χ1) is 12.0. The lowest BCUT2D eigenvalue weighted by atomic mass is 10.3. The van der Waals surface area contributed by atoms with E-state index in [9.17, 15) is 18.8 Å². The van der Waals surface area contributed by atoms with Crippen LogP contribution in [-0.2, 0) is 13.6 Å². The summed E-state index contributed by atoms with van der Waals surface area (Å²) < 4.78 is 19.8. The molecule has 128 valence electrons. The zero-order chi connectivity index (χ0) is 18.0. The summed E-state index contributed by atoms with van der Waals surface area (Å²) in [5, 5.41) is 6.33. The van der Waals surface area contributed by atoms with Gasteiger partial charge in [-0.25, -0.2) is 9.18 Å². The van der Waals surface area contributed by atoms with Gasteiger partial charge in [0.1, 0.15) is 11.6 Å². The molecule has 0 fully saturated rings. The van der Waals surface area contributed by atoms with Gasteiger partial charge in [-0.15, -0.1) is 0 Å². The predicted octanol–water partition coefficient (Wildman–Crippen LogP) is 0.593. The van der Waals surface area contributed by atoms with Crippen LogP contribution in [0.1, 0.15) is 16.2 Å². The molecule has 0 radical (unpaired) electrons. The maximum atomic E-state index is 13.1. The van der Waals surface area contributed by atoms with Crippen LogP contribution >= 0.6 is 0 Å². The Kier molecular flexibility index (Phi) is 4.29. The molecule has 1 amide bonds. The summed E-state index contributed by atoms with van der Waals surface area (Å²) in [6.07, 6.45) is 1.45. The summed E-state index contributed by atoms with van der Waals surface area (Å²) in [5.41, 5.74) is -1.82. The molecule has 0 atom stereocenters. The first-order valence-corrected chi connectivity index (χ1v) is 7.24. The molecule has 0 bridgehead atoms. The molecule has 0 saturated carbocycles. The fraction of sp³-hybridized carbons (Fsp3) is 0.125. The van der Waals surface area contributed by atoms with Crippen LogP contribution < -0.4 is 16.6 Å². The highest BCUT2D eigenvalue weighted by molar-refractivity contribution is 5.91. The van der Waals surface area contributed by atoms with E-state index in [1.165, 1.54) is 25.4 Å². The van der Waals surface area contributed by atoms with Crippen LogP contribution in [0.2, 0.25) is 0 Å². The second-order valence-electron chi connectivity index (χ2n) is 5.15. The first-order valence-electron chi connectivity index (χ1n) is 7.24. The van der Waals surface area contributed by atoms with E-state index in [0.717, 1.165) is 21.4 Å². The summed E-state index contributed by atoms with van der Waals surface area (Å²) in [7, 11) is 1.23. The third-order valence-corrected chi connectivity index (χ3v) is 3.46. The Morgan fingerprint density at radius 3 is 2.60 bits per heavy atom. The lowest BCUT2D eigenvalue weighted by Gasteiger charge is -2.09. The number of nitrogens with one attached hydrogen (secondary N) is 1. The average molecular weight is 344 g/mol.